The molecule has 0 saturated carbocycles. The molecular weight excluding hydrogens is 766 g/mol. The first-order chi connectivity index (χ1) is 27.9. The molecule has 0 radical (unpaired) electrons. The summed E-state index contributed by atoms with van der Waals surface area (Å²) in [5.41, 5.74) is 4.70. The SMILES string of the molecule is CC(NC(=O)OCC1c2ccccc2-c2ccccc21)C(=O)N[C@@H](C)C(=O)NC(C)C(=O)N[C@@H](Cc1ccc(O)cc1)C(=O)NC(C)C(=O)N[C@@H](C)C(=O)NCC(=O)O. The second-order valence-corrected chi connectivity index (χ2v) is 14.2. The third-order valence-corrected chi connectivity index (χ3v) is 9.50. The minimum atomic E-state index is -1.29. The highest BCUT2D eigenvalue weighted by molar-refractivity contribution is 5.97. The average molecular weight is 816 g/mol. The minimum Gasteiger partial charge on any atom is -0.508 e. The van der Waals surface area contributed by atoms with Gasteiger partial charge in [0.2, 0.25) is 35.4 Å². The summed E-state index contributed by atoms with van der Waals surface area (Å²) >= 11 is 0. The molecule has 1 aliphatic rings. The molecule has 59 heavy (non-hydrogen) atoms. The van der Waals surface area contributed by atoms with Crippen LogP contribution < -0.4 is 37.2 Å². The van der Waals surface area contributed by atoms with Crippen molar-refractivity contribution in [2.24, 2.45) is 0 Å². The predicted molar refractivity (Wildman–Crippen MR) is 212 cm³/mol. The molecule has 18 nitrogen and oxygen atoms in total. The first-order valence-corrected chi connectivity index (χ1v) is 18.9. The maximum Gasteiger partial charge on any atom is 0.407 e. The van der Waals surface area contributed by atoms with E-state index in [-0.39, 0.29) is 24.7 Å². The van der Waals surface area contributed by atoms with Crippen LogP contribution >= 0.6 is 0 Å². The molecule has 0 aliphatic heterocycles. The number of carbonyl (C=O) groups excluding carboxylic acids is 7. The van der Waals surface area contributed by atoms with E-state index in [1.807, 2.05) is 48.5 Å². The van der Waals surface area contributed by atoms with Crippen LogP contribution in [0.2, 0.25) is 0 Å². The molecule has 0 saturated heterocycles. The molecule has 3 aromatic rings. The van der Waals surface area contributed by atoms with Crippen LogP contribution in [0.25, 0.3) is 11.1 Å². The fraction of sp³-hybridized carbons (Fsp3) is 0.366. The van der Waals surface area contributed by atoms with Gasteiger partial charge in [-0.1, -0.05) is 60.7 Å². The first kappa shape index (κ1) is 44.7. The zero-order valence-corrected chi connectivity index (χ0v) is 33.2. The van der Waals surface area contributed by atoms with Gasteiger partial charge in [0, 0.05) is 12.3 Å². The number of benzene rings is 3. The van der Waals surface area contributed by atoms with Crippen LogP contribution in [-0.2, 0) is 44.7 Å². The van der Waals surface area contributed by atoms with E-state index >= 15 is 0 Å². The van der Waals surface area contributed by atoms with E-state index in [1.54, 1.807) is 0 Å². The normalized spacial score (nSPS) is 14.6. The van der Waals surface area contributed by atoms with Crippen molar-refractivity contribution in [2.75, 3.05) is 13.2 Å². The van der Waals surface area contributed by atoms with Gasteiger partial charge in [0.15, 0.2) is 0 Å². The number of aromatic hydroxyl groups is 1. The molecule has 1 aliphatic carbocycles. The lowest BCUT2D eigenvalue weighted by Crippen LogP contribution is -2.58. The Morgan fingerprint density at radius 1 is 0.559 bits per heavy atom. The van der Waals surface area contributed by atoms with Crippen LogP contribution in [0.1, 0.15) is 57.2 Å². The molecule has 0 fully saturated rings. The lowest BCUT2D eigenvalue weighted by Gasteiger charge is -2.24. The third-order valence-electron chi connectivity index (χ3n) is 9.50. The van der Waals surface area contributed by atoms with Crippen LogP contribution in [-0.4, -0.2) is 107 Å². The topological polar surface area (TPSA) is 270 Å². The van der Waals surface area contributed by atoms with Crippen molar-refractivity contribution in [1.82, 2.24) is 37.2 Å². The highest BCUT2D eigenvalue weighted by Crippen LogP contribution is 2.44. The quantitative estimate of drug-likeness (QED) is 0.0857. The number of hydrogen-bond acceptors (Lipinski definition) is 10. The standard InChI is InChI=1S/C41H49N7O11/c1-21(35(52)42-19-34(50)51)43-37(54)23(3)46-40(57)33(18-26-14-16-27(49)17-15-26)48-39(56)24(4)45-36(53)22(2)44-38(55)25(5)47-41(58)59-20-32-30-12-8-6-10-28(30)29-11-7-9-13-31(29)32/h6-17,21-25,32-33,49H,18-20H2,1-5H3,(H,42,52)(H,43,54)(H,44,55)(H,45,53)(H,46,57)(H,47,58)(H,48,56)(H,50,51)/t21-,22-,23?,24?,25?,33-/m0/s1. The zero-order valence-electron chi connectivity index (χ0n) is 33.2. The van der Waals surface area contributed by atoms with E-state index in [0.29, 0.717) is 5.56 Å². The number of phenolic OH excluding ortho intramolecular Hbond substituents is 1. The molecule has 9 N–H and O–H groups in total. The van der Waals surface area contributed by atoms with Crippen molar-refractivity contribution < 1.29 is 53.3 Å². The average Bonchev–Trinajstić information content (AvgIpc) is 3.52. The number of carbonyl (C=O) groups is 8. The van der Waals surface area contributed by atoms with Crippen molar-refractivity contribution in [3.63, 3.8) is 0 Å². The van der Waals surface area contributed by atoms with Crippen molar-refractivity contribution in [3.8, 4) is 16.9 Å². The van der Waals surface area contributed by atoms with Crippen LogP contribution in [0.15, 0.2) is 72.8 Å². The summed E-state index contributed by atoms with van der Waals surface area (Å²) in [6.45, 7) is 6.19. The van der Waals surface area contributed by atoms with Crippen LogP contribution in [0, 0.1) is 0 Å². The molecule has 0 spiro atoms. The van der Waals surface area contributed by atoms with E-state index < -0.39 is 90.3 Å². The fourth-order valence-corrected chi connectivity index (χ4v) is 6.16. The first-order valence-electron chi connectivity index (χ1n) is 18.9. The van der Waals surface area contributed by atoms with Gasteiger partial charge in [-0.15, -0.1) is 0 Å². The summed E-state index contributed by atoms with van der Waals surface area (Å²) in [5, 5.41) is 35.4. The van der Waals surface area contributed by atoms with Gasteiger partial charge in [-0.05, 0) is 74.6 Å². The highest BCUT2D eigenvalue weighted by atomic mass is 16.5. The number of nitrogens with one attached hydrogen (secondary N) is 7. The molecule has 7 amide bonds. The lowest BCUT2D eigenvalue weighted by atomic mass is 9.98. The third kappa shape index (κ3) is 12.5. The Balaban J connectivity index is 1.28. The molecule has 0 bridgehead atoms. The number of rotatable bonds is 18. The molecule has 6 atom stereocenters. The van der Waals surface area contributed by atoms with Crippen molar-refractivity contribution in [2.45, 2.75) is 83.2 Å². The molecule has 0 heterocycles. The Bertz CT molecular complexity index is 2010. The summed E-state index contributed by atoms with van der Waals surface area (Å²) in [5.74, 6) is -6.06. The number of phenols is 1. The molecule has 18 heteroatoms. The molecule has 314 valence electrons. The summed E-state index contributed by atoms with van der Waals surface area (Å²) in [7, 11) is 0. The van der Waals surface area contributed by atoms with Gasteiger partial charge in [0.1, 0.15) is 55.2 Å². The van der Waals surface area contributed by atoms with Gasteiger partial charge < -0.3 is 52.2 Å². The summed E-state index contributed by atoms with van der Waals surface area (Å²) in [6, 6.07) is 14.4. The molecule has 3 unspecified atom stereocenters. The van der Waals surface area contributed by atoms with Crippen molar-refractivity contribution >= 4 is 47.5 Å². The number of amides is 7. The van der Waals surface area contributed by atoms with Crippen LogP contribution in [0.5, 0.6) is 5.75 Å². The van der Waals surface area contributed by atoms with E-state index in [2.05, 4.69) is 37.2 Å². The lowest BCUT2D eigenvalue weighted by molar-refractivity contribution is -0.138. The number of carboxylic acid groups (broad SMARTS) is 1. The monoisotopic (exact) mass is 815 g/mol. The van der Waals surface area contributed by atoms with Gasteiger partial charge in [0.25, 0.3) is 0 Å². The van der Waals surface area contributed by atoms with E-state index in [0.717, 1.165) is 22.3 Å². The van der Waals surface area contributed by atoms with Gasteiger partial charge in [-0.2, -0.15) is 0 Å². The molecular formula is C41H49N7O11. The van der Waals surface area contributed by atoms with Crippen LogP contribution in [0.3, 0.4) is 0 Å². The maximum atomic E-state index is 13.4. The second kappa shape index (κ2) is 20.4. The van der Waals surface area contributed by atoms with Crippen LogP contribution in [0.4, 0.5) is 4.79 Å². The number of alkyl carbamates (subject to hydrolysis) is 1. The second-order valence-electron chi connectivity index (χ2n) is 14.2. The van der Waals surface area contributed by atoms with Crippen molar-refractivity contribution in [3.05, 3.63) is 89.5 Å². The van der Waals surface area contributed by atoms with Gasteiger partial charge in [-0.3, -0.25) is 33.6 Å². The number of aliphatic carboxylic acids is 1. The van der Waals surface area contributed by atoms with E-state index in [4.69, 9.17) is 9.84 Å². The number of hydrogen-bond donors (Lipinski definition) is 9. The highest BCUT2D eigenvalue weighted by Gasteiger charge is 2.31. The van der Waals surface area contributed by atoms with Gasteiger partial charge in [-0.25, -0.2) is 4.79 Å². The molecule has 3 aromatic carbocycles. The Morgan fingerprint density at radius 3 is 1.47 bits per heavy atom. The predicted octanol–water partition coefficient (Wildman–Crippen LogP) is 0.566. The number of ether oxygens (including phenoxy) is 1. The number of carboxylic acids is 1. The van der Waals surface area contributed by atoms with Gasteiger partial charge >= 0.3 is 12.1 Å². The summed E-state index contributed by atoms with van der Waals surface area (Å²) in [4.78, 5) is 101. The Labute approximate surface area is 340 Å². The van der Waals surface area contributed by atoms with Gasteiger partial charge in [0.05, 0.1) is 0 Å². The number of fused-ring (bicyclic) bond motifs is 3. The Morgan fingerprint density at radius 2 is 0.983 bits per heavy atom. The molecule has 4 rings (SSSR count). The summed E-state index contributed by atoms with van der Waals surface area (Å²) < 4.78 is 5.51. The Kier molecular flexibility index (Phi) is 15.5. The smallest absolute Gasteiger partial charge is 0.407 e. The Hall–Kier alpha value is -6.98. The van der Waals surface area contributed by atoms with E-state index in [1.165, 1.54) is 58.9 Å². The molecule has 0 aromatic heterocycles. The maximum absolute atomic E-state index is 13.4. The summed E-state index contributed by atoms with van der Waals surface area (Å²) in [6.07, 6.45) is -0.921. The van der Waals surface area contributed by atoms with E-state index in [9.17, 15) is 43.5 Å². The fourth-order valence-electron chi connectivity index (χ4n) is 6.16. The van der Waals surface area contributed by atoms with Crippen molar-refractivity contribution in [1.29, 1.82) is 0 Å². The zero-order chi connectivity index (χ0) is 43.4. The minimum absolute atomic E-state index is 0.0365. The largest absolute Gasteiger partial charge is 0.508 e.